The SMILES string of the molecule is CS(=O)(=O)CC1(CNc2ncnc(N3CCCC3c3ccc(C(F)(F)F)cc3)c2F)CCOCC1. The van der Waals surface area contributed by atoms with Crippen molar-refractivity contribution >= 4 is 21.5 Å². The third-order valence-electron chi connectivity index (χ3n) is 6.67. The zero-order valence-corrected chi connectivity index (χ0v) is 20.1. The number of hydrogen-bond acceptors (Lipinski definition) is 7. The van der Waals surface area contributed by atoms with Crippen molar-refractivity contribution in [2.75, 3.05) is 48.5 Å². The van der Waals surface area contributed by atoms with Gasteiger partial charge in [-0.1, -0.05) is 12.1 Å². The van der Waals surface area contributed by atoms with E-state index in [1.165, 1.54) is 24.7 Å². The van der Waals surface area contributed by atoms with Gasteiger partial charge in [-0.05, 0) is 43.4 Å². The molecule has 1 unspecified atom stereocenters. The van der Waals surface area contributed by atoms with Crippen molar-refractivity contribution < 1.29 is 30.7 Å². The van der Waals surface area contributed by atoms with Crippen LogP contribution >= 0.6 is 0 Å². The predicted molar refractivity (Wildman–Crippen MR) is 123 cm³/mol. The normalized spacial score (nSPS) is 20.7. The molecule has 2 aromatic rings. The lowest BCUT2D eigenvalue weighted by molar-refractivity contribution is -0.137. The maximum Gasteiger partial charge on any atom is 0.416 e. The van der Waals surface area contributed by atoms with Gasteiger partial charge < -0.3 is 15.0 Å². The summed E-state index contributed by atoms with van der Waals surface area (Å²) in [4.78, 5) is 9.90. The van der Waals surface area contributed by atoms with E-state index in [4.69, 9.17) is 4.74 Å². The van der Waals surface area contributed by atoms with Crippen LogP contribution in [-0.4, -0.2) is 56.7 Å². The van der Waals surface area contributed by atoms with E-state index in [1.807, 2.05) is 0 Å². The summed E-state index contributed by atoms with van der Waals surface area (Å²) in [6.07, 6.45) is 0.415. The number of hydrogen-bond donors (Lipinski definition) is 1. The van der Waals surface area contributed by atoms with Gasteiger partial charge in [0.15, 0.2) is 11.6 Å². The number of aromatic nitrogens is 2. The minimum atomic E-state index is -4.42. The third-order valence-corrected chi connectivity index (χ3v) is 7.81. The number of rotatable bonds is 7. The molecular weight excluding hydrogens is 488 g/mol. The number of halogens is 4. The number of nitrogens with zero attached hydrogens (tertiary/aromatic N) is 3. The first-order chi connectivity index (χ1) is 16.5. The monoisotopic (exact) mass is 516 g/mol. The molecule has 4 rings (SSSR count). The van der Waals surface area contributed by atoms with Gasteiger partial charge >= 0.3 is 6.18 Å². The lowest BCUT2D eigenvalue weighted by atomic mass is 9.82. The molecule has 12 heteroatoms. The molecule has 1 N–H and O–H groups in total. The van der Waals surface area contributed by atoms with Crippen LogP contribution in [0.4, 0.5) is 29.2 Å². The Bertz CT molecular complexity index is 1140. The van der Waals surface area contributed by atoms with Crippen molar-refractivity contribution in [2.45, 2.75) is 37.9 Å². The number of alkyl halides is 3. The average molecular weight is 517 g/mol. The number of benzene rings is 1. The Morgan fingerprint density at radius 1 is 1.17 bits per heavy atom. The molecule has 2 aliphatic rings. The Balaban J connectivity index is 1.54. The molecule has 0 spiro atoms. The van der Waals surface area contributed by atoms with Gasteiger partial charge in [0.2, 0.25) is 5.82 Å². The Kier molecular flexibility index (Phi) is 7.23. The maximum atomic E-state index is 15.5. The number of anilines is 2. The highest BCUT2D eigenvalue weighted by Gasteiger charge is 2.37. The molecule has 0 aliphatic carbocycles. The average Bonchev–Trinajstić information content (AvgIpc) is 3.27. The zero-order chi connectivity index (χ0) is 25.3. The Hall–Kier alpha value is -2.47. The van der Waals surface area contributed by atoms with Crippen LogP contribution in [0.5, 0.6) is 0 Å². The molecule has 3 heterocycles. The molecule has 35 heavy (non-hydrogen) atoms. The fraction of sp³-hybridized carbons (Fsp3) is 0.565. The van der Waals surface area contributed by atoms with E-state index >= 15 is 4.39 Å². The summed E-state index contributed by atoms with van der Waals surface area (Å²) in [6.45, 7) is 1.56. The second-order valence-corrected chi connectivity index (χ2v) is 11.5. The predicted octanol–water partition coefficient (Wildman–Crippen LogP) is 4.23. The molecule has 7 nitrogen and oxygen atoms in total. The number of sulfone groups is 1. The van der Waals surface area contributed by atoms with E-state index in [0.717, 1.165) is 18.6 Å². The van der Waals surface area contributed by atoms with Gasteiger partial charge in [0.25, 0.3) is 0 Å². The molecule has 0 amide bonds. The van der Waals surface area contributed by atoms with Gasteiger partial charge in [-0.2, -0.15) is 17.6 Å². The van der Waals surface area contributed by atoms with Gasteiger partial charge in [0, 0.05) is 38.0 Å². The van der Waals surface area contributed by atoms with Gasteiger partial charge in [0.05, 0.1) is 17.4 Å². The lowest BCUT2D eigenvalue weighted by Gasteiger charge is -2.37. The van der Waals surface area contributed by atoms with Crippen LogP contribution in [-0.2, 0) is 20.8 Å². The first-order valence-corrected chi connectivity index (χ1v) is 13.5. The number of nitrogens with one attached hydrogen (secondary N) is 1. The van der Waals surface area contributed by atoms with E-state index in [-0.39, 0.29) is 30.0 Å². The Morgan fingerprint density at radius 2 is 1.86 bits per heavy atom. The lowest BCUT2D eigenvalue weighted by Crippen LogP contribution is -2.41. The minimum absolute atomic E-state index is 0.0348. The highest BCUT2D eigenvalue weighted by Crippen LogP contribution is 2.39. The first-order valence-electron chi connectivity index (χ1n) is 11.4. The summed E-state index contributed by atoms with van der Waals surface area (Å²) in [6, 6.07) is 4.59. The molecular formula is C23H28F4N4O3S. The third kappa shape index (κ3) is 6.03. The highest BCUT2D eigenvalue weighted by atomic mass is 32.2. The van der Waals surface area contributed by atoms with Crippen LogP contribution in [0, 0.1) is 11.2 Å². The molecule has 2 fully saturated rings. The topological polar surface area (TPSA) is 84.4 Å². The minimum Gasteiger partial charge on any atom is -0.381 e. The van der Waals surface area contributed by atoms with Gasteiger partial charge in [-0.15, -0.1) is 0 Å². The van der Waals surface area contributed by atoms with E-state index in [1.54, 1.807) is 4.90 Å². The van der Waals surface area contributed by atoms with Crippen LogP contribution in [0.2, 0.25) is 0 Å². The van der Waals surface area contributed by atoms with Gasteiger partial charge in [-0.3, -0.25) is 0 Å². The highest BCUT2D eigenvalue weighted by molar-refractivity contribution is 7.90. The number of ether oxygens (including phenoxy) is 1. The molecule has 1 atom stereocenters. The van der Waals surface area contributed by atoms with Crippen molar-refractivity contribution in [3.05, 3.63) is 47.5 Å². The summed E-state index contributed by atoms with van der Waals surface area (Å²) >= 11 is 0. The van der Waals surface area contributed by atoms with Gasteiger partial charge in [-0.25, -0.2) is 18.4 Å². The van der Waals surface area contributed by atoms with Crippen molar-refractivity contribution in [3.63, 3.8) is 0 Å². The van der Waals surface area contributed by atoms with Crippen LogP contribution in [0.15, 0.2) is 30.6 Å². The molecule has 0 saturated carbocycles. The molecule has 2 aliphatic heterocycles. The molecule has 0 bridgehead atoms. The fourth-order valence-electron chi connectivity index (χ4n) is 4.95. The molecule has 0 radical (unpaired) electrons. The van der Waals surface area contributed by atoms with Crippen LogP contribution in [0.25, 0.3) is 0 Å². The maximum absolute atomic E-state index is 15.5. The second-order valence-electron chi connectivity index (χ2n) is 9.37. The van der Waals surface area contributed by atoms with Crippen molar-refractivity contribution in [3.8, 4) is 0 Å². The van der Waals surface area contributed by atoms with Crippen molar-refractivity contribution in [1.82, 2.24) is 9.97 Å². The zero-order valence-electron chi connectivity index (χ0n) is 19.3. The Labute approximate surface area is 201 Å². The van der Waals surface area contributed by atoms with Crippen LogP contribution < -0.4 is 10.2 Å². The van der Waals surface area contributed by atoms with Gasteiger partial charge in [0.1, 0.15) is 16.2 Å². The van der Waals surface area contributed by atoms with E-state index in [0.29, 0.717) is 44.6 Å². The second kappa shape index (κ2) is 9.88. The molecule has 1 aromatic carbocycles. The largest absolute Gasteiger partial charge is 0.416 e. The van der Waals surface area contributed by atoms with E-state index < -0.39 is 32.8 Å². The standard InChI is InChI=1S/C23H28F4N4O3S/c1-35(32,33)14-22(8-11-34-12-9-22)13-28-20-19(24)21(30-15-29-20)31-10-2-3-18(31)16-4-6-17(7-5-16)23(25,26)27/h4-7,15,18H,2-3,8-14H2,1H3,(H,28,29,30). The summed E-state index contributed by atoms with van der Waals surface area (Å²) in [5.41, 5.74) is -0.682. The Morgan fingerprint density at radius 3 is 2.49 bits per heavy atom. The summed E-state index contributed by atoms with van der Waals surface area (Å²) in [5.74, 6) is -0.688. The smallest absolute Gasteiger partial charge is 0.381 e. The first kappa shape index (κ1) is 25.6. The summed E-state index contributed by atoms with van der Waals surface area (Å²) < 4.78 is 83.8. The summed E-state index contributed by atoms with van der Waals surface area (Å²) in [7, 11) is -3.27. The molecule has 192 valence electrons. The fourth-order valence-corrected chi connectivity index (χ4v) is 6.45. The van der Waals surface area contributed by atoms with E-state index in [2.05, 4.69) is 15.3 Å². The molecule has 1 aromatic heterocycles. The summed E-state index contributed by atoms with van der Waals surface area (Å²) in [5, 5.41) is 2.99. The van der Waals surface area contributed by atoms with Crippen LogP contribution in [0.3, 0.4) is 0 Å². The quantitative estimate of drug-likeness (QED) is 0.552. The van der Waals surface area contributed by atoms with Crippen molar-refractivity contribution in [1.29, 1.82) is 0 Å². The van der Waals surface area contributed by atoms with Crippen molar-refractivity contribution in [2.24, 2.45) is 5.41 Å². The molecule has 2 saturated heterocycles. The van der Waals surface area contributed by atoms with E-state index in [9.17, 15) is 21.6 Å². The van der Waals surface area contributed by atoms with Crippen LogP contribution in [0.1, 0.15) is 42.9 Å².